The number of hydrogen-bond donors (Lipinski definition) is 0. The molecule has 0 saturated heterocycles. The van der Waals surface area contributed by atoms with Gasteiger partial charge >= 0.3 is 0 Å². The van der Waals surface area contributed by atoms with Gasteiger partial charge in [0.2, 0.25) is 11.8 Å². The highest BCUT2D eigenvalue weighted by Crippen LogP contribution is 2.37. The molecule has 0 saturated carbocycles. The monoisotopic (exact) mass is 456 g/mol. The van der Waals surface area contributed by atoms with Crippen molar-refractivity contribution in [2.45, 2.75) is 12.1 Å². The Morgan fingerprint density at radius 2 is 0.969 bits per heavy atom. The van der Waals surface area contributed by atoms with Crippen LogP contribution in [-0.4, -0.2) is 25.0 Å². The average Bonchev–Trinajstić information content (AvgIpc) is 3.65. The lowest BCUT2D eigenvalue weighted by atomic mass is 10.0. The summed E-state index contributed by atoms with van der Waals surface area (Å²) in [5.74, 6) is 1.42. The number of ether oxygens (including phenoxy) is 2. The second-order valence-corrected chi connectivity index (χ2v) is 9.23. The summed E-state index contributed by atoms with van der Waals surface area (Å²) in [4.78, 5) is 9.79. The summed E-state index contributed by atoms with van der Waals surface area (Å²) in [5.41, 5.74) is 6.66. The van der Waals surface area contributed by atoms with Gasteiger partial charge < -0.3 is 9.47 Å². The van der Waals surface area contributed by atoms with Crippen LogP contribution in [-0.2, 0) is 9.47 Å². The third-order valence-electron chi connectivity index (χ3n) is 5.75. The van der Waals surface area contributed by atoms with Crippen molar-refractivity contribution in [2.75, 3.05) is 13.2 Å². The minimum absolute atomic E-state index is 0.0371. The lowest BCUT2D eigenvalue weighted by Crippen LogP contribution is -2.04. The van der Waals surface area contributed by atoms with E-state index in [1.54, 1.807) is 22.7 Å². The van der Waals surface area contributed by atoms with E-state index < -0.39 is 0 Å². The first-order chi connectivity index (χ1) is 15.9. The fourth-order valence-corrected chi connectivity index (χ4v) is 5.72. The molecule has 4 nitrogen and oxygen atoms in total. The van der Waals surface area contributed by atoms with Crippen molar-refractivity contribution in [1.29, 1.82) is 0 Å². The van der Waals surface area contributed by atoms with Crippen LogP contribution in [0.3, 0.4) is 0 Å². The molecule has 2 aromatic carbocycles. The first-order valence-corrected chi connectivity index (χ1v) is 12.4. The highest BCUT2D eigenvalue weighted by molar-refractivity contribution is 7.09. The molecule has 2 aliphatic rings. The number of aliphatic imine (C=N–C) groups is 2. The number of benzene rings is 2. The zero-order chi connectivity index (χ0) is 21.3. The van der Waals surface area contributed by atoms with E-state index in [-0.39, 0.29) is 12.1 Å². The first-order valence-electron chi connectivity index (χ1n) is 10.5. The molecular formula is C26H20N2O2S2. The van der Waals surface area contributed by atoms with Crippen LogP contribution >= 0.6 is 22.7 Å². The predicted octanol–water partition coefficient (Wildman–Crippen LogP) is 6.51. The van der Waals surface area contributed by atoms with E-state index in [0.29, 0.717) is 25.0 Å². The largest absolute Gasteiger partial charge is 0.475 e. The van der Waals surface area contributed by atoms with Gasteiger partial charge in [0.1, 0.15) is 25.3 Å². The van der Waals surface area contributed by atoms with Gasteiger partial charge in [0.15, 0.2) is 0 Å². The third kappa shape index (κ3) is 3.55. The van der Waals surface area contributed by atoms with E-state index >= 15 is 0 Å². The van der Waals surface area contributed by atoms with Crippen LogP contribution in [0.2, 0.25) is 0 Å². The Bertz CT molecular complexity index is 1190. The van der Waals surface area contributed by atoms with E-state index in [1.165, 1.54) is 11.1 Å². The molecule has 0 amide bonds. The Morgan fingerprint density at radius 3 is 1.41 bits per heavy atom. The fourth-order valence-electron chi connectivity index (χ4n) is 4.08. The van der Waals surface area contributed by atoms with Crippen LogP contribution in [0.4, 0.5) is 0 Å². The van der Waals surface area contributed by atoms with E-state index in [1.807, 2.05) is 36.4 Å². The van der Waals surface area contributed by atoms with Crippen molar-refractivity contribution in [3.05, 3.63) is 104 Å². The molecule has 0 aliphatic carbocycles. The molecule has 158 valence electrons. The van der Waals surface area contributed by atoms with Crippen molar-refractivity contribution in [1.82, 2.24) is 0 Å². The number of thiophene rings is 2. The van der Waals surface area contributed by atoms with Gasteiger partial charge in [-0.2, -0.15) is 22.7 Å². The average molecular weight is 457 g/mol. The maximum atomic E-state index is 6.04. The van der Waals surface area contributed by atoms with Crippen LogP contribution in [0.25, 0.3) is 11.1 Å². The zero-order valence-corrected chi connectivity index (χ0v) is 18.8. The molecule has 0 fully saturated rings. The highest BCUT2D eigenvalue weighted by atomic mass is 32.1. The van der Waals surface area contributed by atoms with Crippen molar-refractivity contribution in [2.24, 2.45) is 9.98 Å². The van der Waals surface area contributed by atoms with Crippen LogP contribution in [0.15, 0.2) is 92.2 Å². The molecule has 2 atom stereocenters. The zero-order valence-electron chi connectivity index (χ0n) is 17.2. The van der Waals surface area contributed by atoms with Gasteiger partial charge in [0.05, 0.1) is 11.1 Å². The van der Waals surface area contributed by atoms with E-state index in [9.17, 15) is 0 Å². The molecule has 6 rings (SSSR count). The van der Waals surface area contributed by atoms with Crippen LogP contribution < -0.4 is 0 Å². The number of nitrogens with zero attached hydrogens (tertiary/aromatic N) is 2. The predicted molar refractivity (Wildman–Crippen MR) is 131 cm³/mol. The molecule has 32 heavy (non-hydrogen) atoms. The van der Waals surface area contributed by atoms with E-state index in [0.717, 1.165) is 22.3 Å². The summed E-state index contributed by atoms with van der Waals surface area (Å²) in [6.45, 7) is 1.14. The lowest BCUT2D eigenvalue weighted by molar-refractivity contribution is 0.319. The van der Waals surface area contributed by atoms with Crippen LogP contribution in [0.1, 0.15) is 34.3 Å². The van der Waals surface area contributed by atoms with Crippen LogP contribution in [0.5, 0.6) is 0 Å². The molecule has 4 aromatic rings. The molecule has 2 aromatic heterocycles. The summed E-state index contributed by atoms with van der Waals surface area (Å²) >= 11 is 3.32. The second kappa shape index (κ2) is 8.37. The van der Waals surface area contributed by atoms with Crippen molar-refractivity contribution in [3.63, 3.8) is 0 Å². The normalized spacial score (nSPS) is 19.9. The van der Waals surface area contributed by atoms with Gasteiger partial charge in [-0.15, -0.1) is 0 Å². The lowest BCUT2D eigenvalue weighted by Gasteiger charge is -2.06. The summed E-state index contributed by atoms with van der Waals surface area (Å²) in [6, 6.07) is 20.7. The molecular weight excluding hydrogens is 436 g/mol. The van der Waals surface area contributed by atoms with Gasteiger partial charge in [-0.1, -0.05) is 60.7 Å². The summed E-state index contributed by atoms with van der Waals surface area (Å²) in [5, 5.41) is 8.56. The maximum absolute atomic E-state index is 6.04. The van der Waals surface area contributed by atoms with Gasteiger partial charge in [-0.3, -0.25) is 0 Å². The third-order valence-corrected chi connectivity index (χ3v) is 7.23. The molecule has 0 N–H and O–H groups in total. The van der Waals surface area contributed by atoms with Crippen molar-refractivity contribution >= 4 is 34.5 Å². The molecule has 0 radical (unpaired) electrons. The minimum atomic E-state index is 0.0371. The Balaban J connectivity index is 1.31. The Labute approximate surface area is 194 Å². The first kappa shape index (κ1) is 19.5. The van der Waals surface area contributed by atoms with Crippen molar-refractivity contribution < 1.29 is 9.47 Å². The van der Waals surface area contributed by atoms with Crippen LogP contribution in [0, 0.1) is 0 Å². The number of hydrogen-bond acceptors (Lipinski definition) is 6. The smallest absolute Gasteiger partial charge is 0.218 e. The molecule has 2 aliphatic heterocycles. The van der Waals surface area contributed by atoms with Gasteiger partial charge in [-0.25, -0.2) is 9.98 Å². The summed E-state index contributed by atoms with van der Waals surface area (Å²) in [7, 11) is 0. The fraction of sp³-hybridized carbons (Fsp3) is 0.154. The molecule has 6 heteroatoms. The molecule has 0 bridgehead atoms. The molecule has 4 heterocycles. The second-order valence-electron chi connectivity index (χ2n) is 7.74. The summed E-state index contributed by atoms with van der Waals surface area (Å²) in [6.07, 6.45) is 0. The van der Waals surface area contributed by atoms with Crippen molar-refractivity contribution in [3.8, 4) is 11.1 Å². The SMILES string of the molecule is c1ccc([C@H]2COC(c3cscc3-c3cscc3C3=N[C@@H](c4ccccc4)CO3)=N2)cc1. The van der Waals surface area contributed by atoms with Gasteiger partial charge in [0, 0.05) is 21.9 Å². The Kier molecular flexibility index (Phi) is 5.09. The Morgan fingerprint density at radius 1 is 0.562 bits per heavy atom. The van der Waals surface area contributed by atoms with Gasteiger partial charge in [0.25, 0.3) is 0 Å². The number of rotatable bonds is 5. The topological polar surface area (TPSA) is 43.2 Å². The Hall–Kier alpha value is -3.22. The van der Waals surface area contributed by atoms with Gasteiger partial charge in [-0.05, 0) is 21.9 Å². The molecule has 0 unspecified atom stereocenters. The molecule has 0 spiro atoms. The highest BCUT2D eigenvalue weighted by Gasteiger charge is 2.28. The standard InChI is InChI=1S/C26H20N2O2S2/c1-3-7-17(8-4-1)23-11-29-25(27-23)21-15-31-13-19(21)20-14-32-16-22(20)26-28-24(12-30-26)18-9-5-2-6-10-18/h1-10,13-16,23-24H,11-12H2/t23-,24-/m1/s1. The maximum Gasteiger partial charge on any atom is 0.218 e. The van der Waals surface area contributed by atoms with E-state index in [4.69, 9.17) is 19.5 Å². The minimum Gasteiger partial charge on any atom is -0.475 e. The van der Waals surface area contributed by atoms with E-state index in [2.05, 4.69) is 45.8 Å². The quantitative estimate of drug-likeness (QED) is 0.343. The summed E-state index contributed by atoms with van der Waals surface area (Å²) < 4.78 is 12.1.